The van der Waals surface area contributed by atoms with Gasteiger partial charge < -0.3 is 9.47 Å². The lowest BCUT2D eigenvalue weighted by atomic mass is 10.1. The van der Waals surface area contributed by atoms with Crippen LogP contribution in [0.4, 0.5) is 0 Å². The zero-order valence-corrected chi connectivity index (χ0v) is 24.5. The molecule has 0 fully saturated rings. The van der Waals surface area contributed by atoms with Crippen LogP contribution >= 0.6 is 0 Å². The van der Waals surface area contributed by atoms with Crippen molar-refractivity contribution in [2.75, 3.05) is 13.2 Å². The van der Waals surface area contributed by atoms with Crippen LogP contribution < -0.4 is 9.47 Å². The van der Waals surface area contributed by atoms with Gasteiger partial charge in [0.1, 0.15) is 11.5 Å². The van der Waals surface area contributed by atoms with E-state index >= 15 is 0 Å². The zero-order valence-electron chi connectivity index (χ0n) is 23.7. The molecule has 0 aliphatic rings. The molecule has 0 aliphatic carbocycles. The molecule has 2 rings (SSSR count). The lowest BCUT2D eigenvalue weighted by Crippen LogP contribution is -2.05. The number of hydrogen-bond donors (Lipinski definition) is 0. The molecule has 5 heteroatoms. The van der Waals surface area contributed by atoms with E-state index in [-0.39, 0.29) is 5.75 Å². The van der Waals surface area contributed by atoms with E-state index in [0.717, 1.165) is 37.0 Å². The Kier molecular flexibility index (Phi) is 16.6. The molecule has 0 heterocycles. The van der Waals surface area contributed by atoms with Crippen molar-refractivity contribution in [3.8, 4) is 11.5 Å². The average Bonchev–Trinajstić information content (AvgIpc) is 2.92. The highest BCUT2D eigenvalue weighted by atomic mass is 32.2. The van der Waals surface area contributed by atoms with Crippen LogP contribution in [0.25, 0.3) is 0 Å². The van der Waals surface area contributed by atoms with Crippen molar-refractivity contribution in [1.82, 2.24) is 0 Å². The van der Waals surface area contributed by atoms with Gasteiger partial charge in [0.2, 0.25) is 0 Å². The first kappa shape index (κ1) is 31.9. The van der Waals surface area contributed by atoms with E-state index in [4.69, 9.17) is 9.47 Å². The molecule has 212 valence electrons. The summed E-state index contributed by atoms with van der Waals surface area (Å²) in [6.07, 6.45) is 20.4. The summed E-state index contributed by atoms with van der Waals surface area (Å²) in [5.74, 6) is 1.48. The highest BCUT2D eigenvalue weighted by Crippen LogP contribution is 2.22. The van der Waals surface area contributed by atoms with Gasteiger partial charge >= 0.3 is 0 Å². The molecule has 0 atom stereocenters. The second kappa shape index (κ2) is 19.7. The van der Waals surface area contributed by atoms with Gasteiger partial charge in [-0.1, -0.05) is 95.8 Å². The Hall–Kier alpha value is -2.27. The van der Waals surface area contributed by atoms with Gasteiger partial charge in [-0.2, -0.15) is 0 Å². The molecule has 0 saturated heterocycles. The molecule has 0 radical (unpaired) electrons. The van der Waals surface area contributed by atoms with Crippen LogP contribution in [0, 0.1) is 0 Å². The van der Waals surface area contributed by atoms with Gasteiger partial charge in [0, 0.05) is 0 Å². The minimum absolute atomic E-state index is 0.0294. The number of ether oxygens (including phenoxy) is 2. The van der Waals surface area contributed by atoms with Gasteiger partial charge in [0.15, 0.2) is 9.84 Å². The quantitative estimate of drug-likeness (QED) is 0.104. The SMILES string of the molecule is C=CCCCCCCCCOc1ccc(S(=O)(=O)Cc2ccc(OCCCCCCCCCC)cc2)cc1. The Labute approximate surface area is 232 Å². The molecule has 2 aromatic rings. The van der Waals surface area contributed by atoms with Crippen molar-refractivity contribution in [3.63, 3.8) is 0 Å². The highest BCUT2D eigenvalue weighted by molar-refractivity contribution is 7.90. The monoisotopic (exact) mass is 542 g/mol. The summed E-state index contributed by atoms with van der Waals surface area (Å²) in [5.41, 5.74) is 0.759. The summed E-state index contributed by atoms with van der Waals surface area (Å²) >= 11 is 0. The molecule has 0 aliphatic heterocycles. The fraction of sp³-hybridized carbons (Fsp3) is 0.576. The smallest absolute Gasteiger partial charge is 0.182 e. The topological polar surface area (TPSA) is 52.6 Å². The molecule has 0 bridgehead atoms. The maximum Gasteiger partial charge on any atom is 0.182 e. The normalized spacial score (nSPS) is 11.4. The van der Waals surface area contributed by atoms with E-state index in [1.54, 1.807) is 24.3 Å². The zero-order chi connectivity index (χ0) is 27.3. The van der Waals surface area contributed by atoms with Crippen LogP contribution in [0.15, 0.2) is 66.1 Å². The standard InChI is InChI=1S/C33H50O4S/c1-3-5-7-9-11-13-15-17-27-36-31-21-19-30(20-22-31)29-38(34,35)33-25-23-32(24-26-33)37-28-18-16-14-12-10-8-6-4-2/h4,19-26H,2-3,5-18,27-29H2,1H3. The third-order valence-electron chi connectivity index (χ3n) is 6.80. The van der Waals surface area contributed by atoms with Crippen molar-refractivity contribution >= 4 is 9.84 Å². The molecule has 0 amide bonds. The molecular weight excluding hydrogens is 492 g/mol. The van der Waals surface area contributed by atoms with E-state index in [1.807, 2.05) is 30.3 Å². The molecule has 0 unspecified atom stereocenters. The molecule has 0 N–H and O–H groups in total. The molecular formula is C33H50O4S. The highest BCUT2D eigenvalue weighted by Gasteiger charge is 2.15. The van der Waals surface area contributed by atoms with Crippen LogP contribution in [-0.4, -0.2) is 21.6 Å². The Bertz CT molecular complexity index is 965. The third-order valence-corrected chi connectivity index (χ3v) is 8.50. The predicted molar refractivity (Wildman–Crippen MR) is 160 cm³/mol. The Morgan fingerprint density at radius 1 is 0.632 bits per heavy atom. The number of rotatable bonds is 23. The summed E-state index contributed by atoms with van der Waals surface area (Å²) in [7, 11) is -3.42. The lowest BCUT2D eigenvalue weighted by Gasteiger charge is -2.09. The molecule has 38 heavy (non-hydrogen) atoms. The van der Waals surface area contributed by atoms with Gasteiger partial charge in [-0.05, 0) is 67.6 Å². The summed E-state index contributed by atoms with van der Waals surface area (Å²) < 4.78 is 37.4. The molecule has 0 aromatic heterocycles. The maximum absolute atomic E-state index is 12.9. The van der Waals surface area contributed by atoms with Crippen molar-refractivity contribution in [1.29, 1.82) is 0 Å². The molecule has 0 spiro atoms. The van der Waals surface area contributed by atoms with Crippen LogP contribution in [0.5, 0.6) is 11.5 Å². The number of sulfone groups is 1. The van der Waals surface area contributed by atoms with Gasteiger partial charge in [-0.15, -0.1) is 6.58 Å². The van der Waals surface area contributed by atoms with Crippen LogP contribution in [0.2, 0.25) is 0 Å². The van der Waals surface area contributed by atoms with Gasteiger partial charge in [-0.25, -0.2) is 8.42 Å². The van der Waals surface area contributed by atoms with E-state index in [1.165, 1.54) is 70.6 Å². The van der Waals surface area contributed by atoms with Crippen molar-refractivity contribution in [2.24, 2.45) is 0 Å². The van der Waals surface area contributed by atoms with Crippen LogP contribution in [-0.2, 0) is 15.6 Å². The maximum atomic E-state index is 12.9. The van der Waals surface area contributed by atoms with E-state index in [9.17, 15) is 8.42 Å². The summed E-state index contributed by atoms with van der Waals surface area (Å²) in [6, 6.07) is 14.2. The number of allylic oxidation sites excluding steroid dienone is 1. The fourth-order valence-electron chi connectivity index (χ4n) is 4.44. The molecule has 2 aromatic carbocycles. The van der Waals surface area contributed by atoms with E-state index in [0.29, 0.717) is 23.9 Å². The first-order valence-electron chi connectivity index (χ1n) is 14.8. The van der Waals surface area contributed by atoms with Crippen molar-refractivity contribution in [2.45, 2.75) is 114 Å². The number of unbranched alkanes of at least 4 members (excludes halogenated alkanes) is 13. The fourth-order valence-corrected chi connectivity index (χ4v) is 5.79. The Morgan fingerprint density at radius 3 is 1.58 bits per heavy atom. The minimum Gasteiger partial charge on any atom is -0.494 e. The number of benzene rings is 2. The Morgan fingerprint density at radius 2 is 1.08 bits per heavy atom. The van der Waals surface area contributed by atoms with E-state index < -0.39 is 9.84 Å². The third kappa shape index (κ3) is 14.0. The van der Waals surface area contributed by atoms with Gasteiger partial charge in [-0.3, -0.25) is 0 Å². The largest absolute Gasteiger partial charge is 0.494 e. The second-order valence-electron chi connectivity index (χ2n) is 10.2. The number of hydrogen-bond acceptors (Lipinski definition) is 4. The summed E-state index contributed by atoms with van der Waals surface area (Å²) in [6.45, 7) is 7.36. The van der Waals surface area contributed by atoms with Crippen molar-refractivity contribution in [3.05, 3.63) is 66.7 Å². The van der Waals surface area contributed by atoms with Gasteiger partial charge in [0.05, 0.1) is 23.9 Å². The lowest BCUT2D eigenvalue weighted by molar-refractivity contribution is 0.304. The van der Waals surface area contributed by atoms with E-state index in [2.05, 4.69) is 13.5 Å². The predicted octanol–water partition coefficient (Wildman–Crippen LogP) is 9.48. The average molecular weight is 543 g/mol. The van der Waals surface area contributed by atoms with Crippen LogP contribution in [0.1, 0.15) is 109 Å². The molecule has 0 saturated carbocycles. The summed E-state index contributed by atoms with van der Waals surface area (Å²) in [5, 5.41) is 0. The first-order chi connectivity index (χ1) is 18.5. The van der Waals surface area contributed by atoms with Crippen LogP contribution in [0.3, 0.4) is 0 Å². The van der Waals surface area contributed by atoms with Gasteiger partial charge in [0.25, 0.3) is 0 Å². The minimum atomic E-state index is -3.42. The van der Waals surface area contributed by atoms with Crippen molar-refractivity contribution < 1.29 is 17.9 Å². The Balaban J connectivity index is 1.65. The second-order valence-corrected chi connectivity index (χ2v) is 12.2. The molecule has 4 nitrogen and oxygen atoms in total. The summed E-state index contributed by atoms with van der Waals surface area (Å²) in [4.78, 5) is 0.319. The first-order valence-corrected chi connectivity index (χ1v) is 16.5.